The van der Waals surface area contributed by atoms with Crippen molar-refractivity contribution in [1.29, 1.82) is 0 Å². The molecular weight excluding hydrogens is 252 g/mol. The highest BCUT2D eigenvalue weighted by Gasteiger charge is 2.25. The molecule has 0 saturated carbocycles. The summed E-state index contributed by atoms with van der Waals surface area (Å²) in [7, 11) is 0. The minimum Gasteiger partial charge on any atom is -0.357 e. The van der Waals surface area contributed by atoms with Crippen molar-refractivity contribution in [2.24, 2.45) is 0 Å². The minimum absolute atomic E-state index is 0.0611. The molecule has 0 bridgehead atoms. The van der Waals surface area contributed by atoms with Crippen molar-refractivity contribution in [3.8, 4) is 11.3 Å². The lowest BCUT2D eigenvalue weighted by Crippen LogP contribution is -2.25. The Morgan fingerprint density at radius 3 is 2.74 bits per heavy atom. The molecule has 1 unspecified atom stereocenters. The Kier molecular flexibility index (Phi) is 2.90. The van der Waals surface area contributed by atoms with Crippen LogP contribution in [-0.2, 0) is 6.42 Å². The molecule has 0 radical (unpaired) electrons. The molecule has 3 heteroatoms. The first kappa shape index (κ1) is 12.7. The lowest BCUT2D eigenvalue weighted by atomic mass is 9.86. The van der Waals surface area contributed by atoms with Crippen LogP contribution < -0.4 is 5.32 Å². The molecule has 1 aromatic carbocycles. The van der Waals surface area contributed by atoms with E-state index in [1.54, 1.807) is 0 Å². The van der Waals surface area contributed by atoms with Crippen LogP contribution in [0.3, 0.4) is 0 Å². The van der Waals surface area contributed by atoms with E-state index in [1.165, 1.54) is 21.7 Å². The molecule has 2 nitrogen and oxygen atoms in total. The van der Waals surface area contributed by atoms with Gasteiger partial charge in [0, 0.05) is 16.0 Å². The Morgan fingerprint density at radius 1 is 1.26 bits per heavy atom. The molecule has 1 aliphatic carbocycles. The summed E-state index contributed by atoms with van der Waals surface area (Å²) in [5, 5.41) is 4.53. The summed E-state index contributed by atoms with van der Waals surface area (Å²) in [5.74, 6) is 0.589. The summed E-state index contributed by atoms with van der Waals surface area (Å²) in [6.45, 7) is 8.82. The molecule has 0 amide bonds. The number of hydrogen-bond acceptors (Lipinski definition) is 3. The van der Waals surface area contributed by atoms with E-state index in [2.05, 4.69) is 57.3 Å². The largest absolute Gasteiger partial charge is 0.357 e. The zero-order valence-corrected chi connectivity index (χ0v) is 12.8. The van der Waals surface area contributed by atoms with Crippen LogP contribution in [0.25, 0.3) is 11.3 Å². The number of nitrogens with one attached hydrogen (secondary N) is 1. The van der Waals surface area contributed by atoms with Crippen molar-refractivity contribution in [3.05, 3.63) is 34.7 Å². The van der Waals surface area contributed by atoms with Gasteiger partial charge in [-0.2, -0.15) is 0 Å². The summed E-state index contributed by atoms with van der Waals surface area (Å²) < 4.78 is 0. The van der Waals surface area contributed by atoms with Crippen LogP contribution in [0.1, 0.15) is 44.1 Å². The van der Waals surface area contributed by atoms with Crippen molar-refractivity contribution in [3.63, 3.8) is 0 Å². The summed E-state index contributed by atoms with van der Waals surface area (Å²) in [6, 6.07) is 8.67. The van der Waals surface area contributed by atoms with E-state index in [0.29, 0.717) is 5.92 Å². The fraction of sp³-hybridized carbons (Fsp3) is 0.438. The maximum Gasteiger partial charge on any atom is 0.183 e. The maximum absolute atomic E-state index is 4.82. The van der Waals surface area contributed by atoms with Crippen molar-refractivity contribution in [2.75, 3.05) is 5.32 Å². The van der Waals surface area contributed by atoms with Crippen LogP contribution in [-0.4, -0.2) is 10.5 Å². The van der Waals surface area contributed by atoms with Gasteiger partial charge in [0.25, 0.3) is 0 Å². The minimum atomic E-state index is 0.0611. The number of hydrogen-bond donors (Lipinski definition) is 1. The Morgan fingerprint density at radius 2 is 2.00 bits per heavy atom. The van der Waals surface area contributed by atoms with Crippen LogP contribution in [0, 0.1) is 0 Å². The smallest absolute Gasteiger partial charge is 0.183 e. The zero-order valence-electron chi connectivity index (χ0n) is 11.9. The molecule has 19 heavy (non-hydrogen) atoms. The van der Waals surface area contributed by atoms with Crippen molar-refractivity contribution in [1.82, 2.24) is 4.98 Å². The van der Waals surface area contributed by atoms with Crippen molar-refractivity contribution >= 4 is 16.5 Å². The third-order valence-corrected chi connectivity index (χ3v) is 4.41. The van der Waals surface area contributed by atoms with Gasteiger partial charge in [0.2, 0.25) is 0 Å². The molecule has 2 aromatic rings. The molecule has 0 saturated heterocycles. The highest BCUT2D eigenvalue weighted by Crippen LogP contribution is 2.43. The summed E-state index contributed by atoms with van der Waals surface area (Å²) >= 11 is 1.81. The van der Waals surface area contributed by atoms with Gasteiger partial charge in [0.05, 0.1) is 5.69 Å². The first-order valence-corrected chi connectivity index (χ1v) is 7.63. The number of anilines is 1. The number of thiazole rings is 1. The van der Waals surface area contributed by atoms with Gasteiger partial charge in [-0.25, -0.2) is 4.98 Å². The topological polar surface area (TPSA) is 24.9 Å². The fourth-order valence-corrected chi connectivity index (χ4v) is 3.92. The van der Waals surface area contributed by atoms with Gasteiger partial charge in [-0.3, -0.25) is 0 Å². The third-order valence-electron chi connectivity index (χ3n) is 3.42. The first-order valence-electron chi connectivity index (χ1n) is 6.81. The van der Waals surface area contributed by atoms with E-state index in [0.717, 1.165) is 11.6 Å². The lowest BCUT2D eigenvalue weighted by molar-refractivity contribution is 0.633. The van der Waals surface area contributed by atoms with Crippen molar-refractivity contribution in [2.45, 2.75) is 45.6 Å². The second-order valence-corrected chi connectivity index (χ2v) is 7.44. The van der Waals surface area contributed by atoms with Gasteiger partial charge >= 0.3 is 0 Å². The van der Waals surface area contributed by atoms with Crippen LogP contribution in [0.2, 0.25) is 0 Å². The summed E-state index contributed by atoms with van der Waals surface area (Å²) in [6.07, 6.45) is 1.11. The third kappa shape index (κ3) is 2.39. The lowest BCUT2D eigenvalue weighted by Gasteiger charge is -2.20. The van der Waals surface area contributed by atoms with Gasteiger partial charge in [0.1, 0.15) is 0 Å². The van der Waals surface area contributed by atoms with Gasteiger partial charge in [-0.05, 0) is 38.7 Å². The van der Waals surface area contributed by atoms with E-state index < -0.39 is 0 Å². The summed E-state index contributed by atoms with van der Waals surface area (Å²) in [4.78, 5) is 6.23. The molecule has 0 aliphatic heterocycles. The quantitative estimate of drug-likeness (QED) is 0.815. The van der Waals surface area contributed by atoms with E-state index in [9.17, 15) is 0 Å². The number of fused-ring (bicyclic) bond motifs is 3. The Bertz CT molecular complexity index is 607. The maximum atomic E-state index is 4.82. The fourth-order valence-electron chi connectivity index (χ4n) is 2.61. The number of rotatable bonds is 1. The summed E-state index contributed by atoms with van der Waals surface area (Å²) in [5.41, 5.74) is 3.99. The molecule has 1 atom stereocenters. The number of benzene rings is 1. The molecule has 100 valence electrons. The van der Waals surface area contributed by atoms with Crippen LogP contribution in [0.15, 0.2) is 24.3 Å². The molecule has 0 spiro atoms. The van der Waals surface area contributed by atoms with E-state index >= 15 is 0 Å². The predicted molar refractivity (Wildman–Crippen MR) is 83.0 cm³/mol. The molecule has 1 aliphatic rings. The van der Waals surface area contributed by atoms with Gasteiger partial charge < -0.3 is 5.32 Å². The van der Waals surface area contributed by atoms with Gasteiger partial charge in [-0.1, -0.05) is 31.2 Å². The Hall–Kier alpha value is -1.35. The van der Waals surface area contributed by atoms with Gasteiger partial charge in [-0.15, -0.1) is 11.3 Å². The van der Waals surface area contributed by atoms with E-state index in [1.807, 2.05) is 11.3 Å². The predicted octanol–water partition coefficient (Wildman–Crippen LogP) is 4.68. The first-order chi connectivity index (χ1) is 8.94. The SMILES string of the molecule is CC1Cc2sc(NC(C)(C)C)nc2-c2ccccc21. The highest BCUT2D eigenvalue weighted by atomic mass is 32.1. The van der Waals surface area contributed by atoms with Crippen LogP contribution in [0.5, 0.6) is 0 Å². The normalized spacial score (nSPS) is 17.8. The highest BCUT2D eigenvalue weighted by molar-refractivity contribution is 7.16. The average molecular weight is 272 g/mol. The molecule has 1 N–H and O–H groups in total. The van der Waals surface area contributed by atoms with Crippen molar-refractivity contribution < 1.29 is 0 Å². The molecular formula is C16H20N2S. The second kappa shape index (κ2) is 4.34. The molecule has 0 fully saturated rings. The van der Waals surface area contributed by atoms with Gasteiger partial charge in [0.15, 0.2) is 5.13 Å². The monoisotopic (exact) mass is 272 g/mol. The standard InChI is InChI=1S/C16H20N2S/c1-10-9-13-14(12-8-6-5-7-11(10)12)17-15(19-13)18-16(2,3)4/h5-8,10H,9H2,1-4H3,(H,17,18). The Labute approximate surface area is 118 Å². The second-order valence-electron chi connectivity index (χ2n) is 6.36. The average Bonchev–Trinajstić information content (AvgIpc) is 2.69. The van der Waals surface area contributed by atoms with E-state index in [4.69, 9.17) is 4.98 Å². The Balaban J connectivity index is 2.05. The number of aromatic nitrogens is 1. The molecule has 3 rings (SSSR count). The van der Waals surface area contributed by atoms with Crippen LogP contribution >= 0.6 is 11.3 Å². The van der Waals surface area contributed by atoms with Crippen LogP contribution in [0.4, 0.5) is 5.13 Å². The molecule has 1 aromatic heterocycles. The zero-order chi connectivity index (χ0) is 13.6. The molecule has 1 heterocycles. The van der Waals surface area contributed by atoms with E-state index in [-0.39, 0.29) is 5.54 Å². The number of nitrogens with zero attached hydrogens (tertiary/aromatic N) is 1.